The molecule has 3 aliphatic rings. The smallest absolute Gasteiger partial charge is 0.256 e. The molecule has 2 aromatic carbocycles. The van der Waals surface area contributed by atoms with Crippen molar-refractivity contribution in [3.63, 3.8) is 0 Å². The first-order valence-corrected chi connectivity index (χ1v) is 10.7. The van der Waals surface area contributed by atoms with Crippen molar-refractivity contribution in [2.24, 2.45) is 0 Å². The predicted molar refractivity (Wildman–Crippen MR) is 117 cm³/mol. The first-order valence-electron chi connectivity index (χ1n) is 10.3. The van der Waals surface area contributed by atoms with E-state index in [9.17, 15) is 14.9 Å². The number of para-hydroxylation sites is 1. The Morgan fingerprint density at radius 1 is 1.35 bits per heavy atom. The summed E-state index contributed by atoms with van der Waals surface area (Å²) in [5.74, 6) is -0.287. The van der Waals surface area contributed by atoms with Crippen LogP contribution in [0.15, 0.2) is 55.1 Å². The van der Waals surface area contributed by atoms with Gasteiger partial charge in [-0.15, -0.1) is 0 Å². The van der Waals surface area contributed by atoms with E-state index in [1.54, 1.807) is 24.3 Å². The first-order chi connectivity index (χ1) is 15.0. The van der Waals surface area contributed by atoms with Crippen molar-refractivity contribution in [2.45, 2.75) is 36.4 Å². The number of nitro groups is 1. The quantitative estimate of drug-likeness (QED) is 0.433. The van der Waals surface area contributed by atoms with E-state index in [1.165, 1.54) is 0 Å². The molecule has 3 heterocycles. The van der Waals surface area contributed by atoms with E-state index >= 15 is 0 Å². The fraction of sp³-hybridized carbons (Fsp3) is 0.348. The first kappa shape index (κ1) is 20.0. The Balaban J connectivity index is 1.66. The van der Waals surface area contributed by atoms with Gasteiger partial charge in [0.15, 0.2) is 5.54 Å². The van der Waals surface area contributed by atoms with Crippen LogP contribution in [0.1, 0.15) is 29.9 Å². The minimum absolute atomic E-state index is 0.122. The van der Waals surface area contributed by atoms with Crippen LogP contribution in [0, 0.1) is 10.1 Å². The lowest BCUT2D eigenvalue weighted by Crippen LogP contribution is -2.55. The van der Waals surface area contributed by atoms with Crippen molar-refractivity contribution >= 4 is 23.2 Å². The summed E-state index contributed by atoms with van der Waals surface area (Å²) >= 11 is 6.45. The molecular weight excluding hydrogens is 418 g/mol. The van der Waals surface area contributed by atoms with Crippen molar-refractivity contribution < 1.29 is 14.5 Å². The van der Waals surface area contributed by atoms with Crippen molar-refractivity contribution in [1.29, 1.82) is 0 Å². The molecule has 3 aliphatic heterocycles. The number of rotatable bonds is 5. The van der Waals surface area contributed by atoms with E-state index in [-0.39, 0.29) is 16.9 Å². The Bertz CT molecular complexity index is 1090. The number of amides is 1. The molecule has 1 spiro atoms. The Morgan fingerprint density at radius 3 is 2.90 bits per heavy atom. The number of fused-ring (bicyclic) bond motifs is 4. The molecule has 2 aromatic rings. The Labute approximate surface area is 184 Å². The van der Waals surface area contributed by atoms with E-state index in [0.29, 0.717) is 35.2 Å². The average molecular weight is 440 g/mol. The van der Waals surface area contributed by atoms with Crippen molar-refractivity contribution in [2.75, 3.05) is 18.5 Å². The van der Waals surface area contributed by atoms with Crippen LogP contribution in [-0.4, -0.2) is 41.0 Å². The van der Waals surface area contributed by atoms with Crippen LogP contribution in [0.2, 0.25) is 5.02 Å². The summed E-state index contributed by atoms with van der Waals surface area (Å²) in [5.41, 5.74) is 0.768. The lowest BCUT2D eigenvalue weighted by Gasteiger charge is -2.32. The summed E-state index contributed by atoms with van der Waals surface area (Å²) < 4.78 is 5.56. The molecule has 31 heavy (non-hydrogen) atoms. The number of nitrogens with one attached hydrogen (secondary N) is 1. The monoisotopic (exact) mass is 439 g/mol. The summed E-state index contributed by atoms with van der Waals surface area (Å²) in [6.45, 7) is 4.59. The maximum absolute atomic E-state index is 13.4. The van der Waals surface area contributed by atoms with Crippen LogP contribution in [-0.2, 0) is 10.3 Å². The summed E-state index contributed by atoms with van der Waals surface area (Å²) in [4.78, 5) is 27.8. The molecule has 0 bridgehead atoms. The highest BCUT2D eigenvalue weighted by molar-refractivity contribution is 6.32. The fourth-order valence-corrected chi connectivity index (χ4v) is 6.01. The normalized spacial score (nSPS) is 28.9. The third-order valence-electron chi connectivity index (χ3n) is 6.79. The number of halogens is 1. The molecule has 0 aromatic heterocycles. The molecule has 160 valence electrons. The largest absolute Gasteiger partial charge is 0.488 e. The van der Waals surface area contributed by atoms with Gasteiger partial charge in [0.25, 0.3) is 11.9 Å². The number of ether oxygens (including phenoxy) is 1. The van der Waals surface area contributed by atoms with E-state index in [2.05, 4.69) is 16.8 Å². The highest BCUT2D eigenvalue weighted by Gasteiger charge is 2.73. The van der Waals surface area contributed by atoms with Crippen LogP contribution >= 0.6 is 11.6 Å². The Morgan fingerprint density at radius 2 is 2.16 bits per heavy atom. The van der Waals surface area contributed by atoms with Gasteiger partial charge < -0.3 is 10.1 Å². The van der Waals surface area contributed by atoms with E-state index in [4.69, 9.17) is 16.3 Å². The second kappa shape index (κ2) is 7.35. The maximum Gasteiger partial charge on any atom is 0.256 e. The minimum Gasteiger partial charge on any atom is -0.488 e. The van der Waals surface area contributed by atoms with Gasteiger partial charge in [0, 0.05) is 28.8 Å². The number of hydrogen-bond donors (Lipinski definition) is 1. The SMILES string of the molecule is C=CCOc1ccc([C@@H]2[C@@H]3CCCN3[C@@]3(C(=O)Nc4ccccc43)[C@@H]2[N+](=O)[O-])cc1Cl. The standard InChI is InChI=1S/C23H22ClN3O4/c1-2-12-31-19-10-9-14(13-16(19)24)20-18-8-5-11-26(18)23(21(20)27(29)30)15-6-3-4-7-17(15)25-22(23)28/h2-4,6-7,9-10,13,18,20-21H,1,5,8,11-12H2,(H,25,28)/t18-,20+,21+,23+/m0/s1. The third-order valence-corrected chi connectivity index (χ3v) is 7.09. The van der Waals surface area contributed by atoms with Crippen molar-refractivity contribution in [3.8, 4) is 5.75 Å². The Hall–Kier alpha value is -2.90. The van der Waals surface area contributed by atoms with Crippen molar-refractivity contribution in [1.82, 2.24) is 4.90 Å². The Kier molecular flexibility index (Phi) is 4.75. The molecule has 1 N–H and O–H groups in total. The van der Waals surface area contributed by atoms with Crippen LogP contribution in [0.5, 0.6) is 5.75 Å². The van der Waals surface area contributed by atoms with Crippen LogP contribution in [0.3, 0.4) is 0 Å². The zero-order valence-corrected chi connectivity index (χ0v) is 17.5. The second-order valence-corrected chi connectivity index (χ2v) is 8.62. The third kappa shape index (κ3) is 2.73. The molecule has 7 nitrogen and oxygen atoms in total. The lowest BCUT2D eigenvalue weighted by atomic mass is 9.77. The van der Waals surface area contributed by atoms with Crippen molar-refractivity contribution in [3.05, 3.63) is 81.4 Å². The number of carbonyl (C=O) groups excluding carboxylic acids is 1. The number of benzene rings is 2. The summed E-state index contributed by atoms with van der Waals surface area (Å²) in [5, 5.41) is 15.9. The summed E-state index contributed by atoms with van der Waals surface area (Å²) in [6, 6.07) is 11.4. The number of anilines is 1. The molecule has 0 aliphatic carbocycles. The van der Waals surface area contributed by atoms with E-state index in [1.807, 2.05) is 24.3 Å². The fourth-order valence-electron chi connectivity index (χ4n) is 5.77. The van der Waals surface area contributed by atoms with Gasteiger partial charge in [0.1, 0.15) is 12.4 Å². The average Bonchev–Trinajstić information content (AvgIpc) is 3.40. The molecule has 2 saturated heterocycles. The highest BCUT2D eigenvalue weighted by atomic mass is 35.5. The van der Waals surface area contributed by atoms with Crippen LogP contribution in [0.4, 0.5) is 5.69 Å². The highest BCUT2D eigenvalue weighted by Crippen LogP contribution is 2.58. The zero-order valence-electron chi connectivity index (χ0n) is 16.8. The van der Waals surface area contributed by atoms with Crippen LogP contribution in [0.25, 0.3) is 0 Å². The molecule has 8 heteroatoms. The van der Waals surface area contributed by atoms with Gasteiger partial charge in [-0.3, -0.25) is 19.8 Å². The number of nitrogens with zero attached hydrogens (tertiary/aromatic N) is 2. The molecule has 1 amide bonds. The van der Waals surface area contributed by atoms with Gasteiger partial charge in [-0.1, -0.05) is 48.5 Å². The lowest BCUT2D eigenvalue weighted by molar-refractivity contribution is -0.534. The maximum atomic E-state index is 13.4. The molecule has 5 rings (SSSR count). The zero-order chi connectivity index (χ0) is 21.8. The summed E-state index contributed by atoms with van der Waals surface area (Å²) in [7, 11) is 0. The number of hydrogen-bond acceptors (Lipinski definition) is 5. The van der Waals surface area contributed by atoms with Gasteiger partial charge in [-0.25, -0.2) is 0 Å². The number of carbonyl (C=O) groups is 1. The van der Waals surface area contributed by atoms with E-state index in [0.717, 1.165) is 18.4 Å². The van der Waals surface area contributed by atoms with Gasteiger partial charge in [-0.05, 0) is 36.6 Å². The summed E-state index contributed by atoms with van der Waals surface area (Å²) in [6.07, 6.45) is 3.30. The molecule has 0 unspecified atom stereocenters. The predicted octanol–water partition coefficient (Wildman–Crippen LogP) is 3.96. The van der Waals surface area contributed by atoms with Gasteiger partial charge in [-0.2, -0.15) is 0 Å². The molecule has 0 radical (unpaired) electrons. The van der Waals surface area contributed by atoms with Gasteiger partial charge in [0.2, 0.25) is 0 Å². The minimum atomic E-state index is -1.32. The molecule has 4 atom stereocenters. The molecule has 2 fully saturated rings. The second-order valence-electron chi connectivity index (χ2n) is 8.21. The van der Waals surface area contributed by atoms with E-state index < -0.39 is 17.5 Å². The van der Waals surface area contributed by atoms with Gasteiger partial charge in [0.05, 0.1) is 10.9 Å². The topological polar surface area (TPSA) is 84.7 Å². The molecule has 0 saturated carbocycles. The van der Waals surface area contributed by atoms with Crippen LogP contribution < -0.4 is 10.1 Å². The van der Waals surface area contributed by atoms with Gasteiger partial charge >= 0.3 is 0 Å². The molecular formula is C23H22ClN3O4.